The van der Waals surface area contributed by atoms with Gasteiger partial charge in [-0.2, -0.15) is 13.2 Å². The highest BCUT2D eigenvalue weighted by atomic mass is 35.5. The zero-order valence-electron chi connectivity index (χ0n) is 17.2. The molecular weight excluding hydrogens is 454 g/mol. The average Bonchev–Trinajstić information content (AvgIpc) is 2.72. The Kier molecular flexibility index (Phi) is 7.47. The number of hydrogen-bond donors (Lipinski definition) is 1. The normalized spacial score (nSPS) is 23.0. The van der Waals surface area contributed by atoms with Gasteiger partial charge in [-0.15, -0.1) is 0 Å². The number of likely N-dealkylation sites (tertiary alicyclic amines) is 1. The van der Waals surface area contributed by atoms with Gasteiger partial charge in [0.25, 0.3) is 0 Å². The van der Waals surface area contributed by atoms with Crippen LogP contribution in [0.15, 0.2) is 18.2 Å². The van der Waals surface area contributed by atoms with Gasteiger partial charge in [-0.05, 0) is 43.2 Å². The Bertz CT molecular complexity index is 885. The third-order valence-electron chi connectivity index (χ3n) is 6.53. The molecule has 1 N–H and O–H groups in total. The molecule has 5 nitrogen and oxygen atoms in total. The molecule has 1 saturated heterocycles. The van der Waals surface area contributed by atoms with Gasteiger partial charge in [-0.1, -0.05) is 43.0 Å². The summed E-state index contributed by atoms with van der Waals surface area (Å²) in [4.78, 5) is 37.3. The summed E-state index contributed by atoms with van der Waals surface area (Å²) in [6.07, 6.45) is -2.79. The third kappa shape index (κ3) is 5.08. The predicted octanol–water partition coefficient (Wildman–Crippen LogP) is 5.00. The lowest BCUT2D eigenvalue weighted by molar-refractivity contribution is -0.200. The number of carbonyl (C=O) groups excluding carboxylic acids is 2. The molecule has 0 bridgehead atoms. The van der Waals surface area contributed by atoms with Crippen molar-refractivity contribution >= 4 is 29.4 Å². The number of alkyl halides is 3. The first-order valence-corrected chi connectivity index (χ1v) is 11.0. The molecule has 1 aromatic rings. The van der Waals surface area contributed by atoms with E-state index in [0.29, 0.717) is 30.6 Å². The summed E-state index contributed by atoms with van der Waals surface area (Å²) in [6, 6.07) is 2.74. The highest BCUT2D eigenvalue weighted by Crippen LogP contribution is 2.43. The molecule has 0 aromatic heterocycles. The Labute approximate surface area is 187 Å². The topological polar surface area (TPSA) is 74.7 Å². The van der Waals surface area contributed by atoms with Crippen LogP contribution in [0.2, 0.25) is 5.02 Å². The largest absolute Gasteiger partial charge is 0.480 e. The fourth-order valence-electron chi connectivity index (χ4n) is 4.82. The first-order valence-electron chi connectivity index (χ1n) is 10.6. The molecule has 2 fully saturated rings. The van der Waals surface area contributed by atoms with Gasteiger partial charge in [0, 0.05) is 6.42 Å². The van der Waals surface area contributed by atoms with Crippen LogP contribution in [0, 0.1) is 23.6 Å². The lowest BCUT2D eigenvalue weighted by Gasteiger charge is -2.44. The Morgan fingerprint density at radius 2 is 1.84 bits per heavy atom. The maximum atomic E-state index is 14.1. The number of carboxylic acids is 1. The lowest BCUT2D eigenvalue weighted by atomic mass is 9.77. The van der Waals surface area contributed by atoms with Gasteiger partial charge in [0.2, 0.25) is 11.8 Å². The van der Waals surface area contributed by atoms with Crippen LogP contribution in [-0.4, -0.2) is 40.0 Å². The SMILES string of the molecule is O=C(O)[C@@H]1[C@@H](CCc2cccc(Cl)c2F)C(=O)N1C(=O)C[C@@H](C1CCCCC1)C(F)(F)F. The van der Waals surface area contributed by atoms with Crippen LogP contribution in [0.3, 0.4) is 0 Å². The van der Waals surface area contributed by atoms with Gasteiger partial charge in [0.05, 0.1) is 16.9 Å². The van der Waals surface area contributed by atoms with E-state index >= 15 is 0 Å². The molecule has 0 unspecified atom stereocenters. The molecule has 176 valence electrons. The van der Waals surface area contributed by atoms with Gasteiger partial charge in [-0.25, -0.2) is 9.18 Å². The molecule has 0 radical (unpaired) electrons. The van der Waals surface area contributed by atoms with E-state index in [1.807, 2.05) is 0 Å². The van der Waals surface area contributed by atoms with Crippen LogP contribution in [-0.2, 0) is 20.8 Å². The minimum absolute atomic E-state index is 0.00185. The highest BCUT2D eigenvalue weighted by Gasteiger charge is 2.56. The van der Waals surface area contributed by atoms with Crippen LogP contribution < -0.4 is 0 Å². The van der Waals surface area contributed by atoms with Crippen molar-refractivity contribution in [1.82, 2.24) is 4.90 Å². The fourth-order valence-corrected chi connectivity index (χ4v) is 5.01. The number of β-lactam (4-membered cyclic amide) rings is 1. The number of imide groups is 1. The number of aliphatic carboxylic acids is 1. The van der Waals surface area contributed by atoms with Crippen molar-refractivity contribution in [3.05, 3.63) is 34.6 Å². The number of aryl methyl sites for hydroxylation is 1. The van der Waals surface area contributed by atoms with E-state index in [0.717, 1.165) is 6.42 Å². The summed E-state index contributed by atoms with van der Waals surface area (Å²) >= 11 is 5.72. The van der Waals surface area contributed by atoms with E-state index < -0.39 is 60.0 Å². The third-order valence-corrected chi connectivity index (χ3v) is 6.82. The van der Waals surface area contributed by atoms with E-state index in [9.17, 15) is 37.1 Å². The lowest BCUT2D eigenvalue weighted by Crippen LogP contribution is -2.66. The zero-order chi connectivity index (χ0) is 23.6. The van der Waals surface area contributed by atoms with Crippen molar-refractivity contribution in [2.24, 2.45) is 17.8 Å². The molecule has 32 heavy (non-hydrogen) atoms. The standard InChI is InChI=1S/C22H24ClF4NO4/c23-16-8-4-7-13(18(16)24)9-10-14-19(21(31)32)28(20(14)30)17(29)11-15(22(25,26)27)12-5-2-1-3-6-12/h4,7-8,12,14-15,19H,1-3,5-6,9-11H2,(H,31,32)/t14-,15+,19+/m1/s1. The summed E-state index contributed by atoms with van der Waals surface area (Å²) in [5.74, 6) is -7.85. The minimum Gasteiger partial charge on any atom is -0.480 e. The van der Waals surface area contributed by atoms with E-state index in [1.54, 1.807) is 0 Å². The maximum Gasteiger partial charge on any atom is 0.392 e. The number of carbonyl (C=O) groups is 3. The molecule has 1 saturated carbocycles. The number of amides is 2. The number of halogens is 5. The van der Waals surface area contributed by atoms with Crippen molar-refractivity contribution in [2.45, 2.75) is 63.6 Å². The van der Waals surface area contributed by atoms with Crippen LogP contribution in [0.5, 0.6) is 0 Å². The van der Waals surface area contributed by atoms with E-state index in [-0.39, 0.29) is 23.4 Å². The highest BCUT2D eigenvalue weighted by molar-refractivity contribution is 6.30. The summed E-state index contributed by atoms with van der Waals surface area (Å²) in [7, 11) is 0. The van der Waals surface area contributed by atoms with Gasteiger partial charge in [0.15, 0.2) is 0 Å². The molecule has 2 amide bonds. The van der Waals surface area contributed by atoms with Gasteiger partial charge < -0.3 is 5.11 Å². The second-order valence-electron chi connectivity index (χ2n) is 8.49. The van der Waals surface area contributed by atoms with Crippen LogP contribution >= 0.6 is 11.6 Å². The summed E-state index contributed by atoms with van der Waals surface area (Å²) < 4.78 is 55.0. The molecule has 1 aromatic carbocycles. The van der Waals surface area contributed by atoms with E-state index in [2.05, 4.69) is 0 Å². The molecule has 1 aliphatic carbocycles. The first-order chi connectivity index (χ1) is 15.0. The monoisotopic (exact) mass is 477 g/mol. The van der Waals surface area contributed by atoms with Crippen molar-refractivity contribution in [3.63, 3.8) is 0 Å². The molecular formula is C22H24ClF4NO4. The second-order valence-corrected chi connectivity index (χ2v) is 8.90. The second kappa shape index (κ2) is 9.77. The predicted molar refractivity (Wildman–Crippen MR) is 107 cm³/mol. The van der Waals surface area contributed by atoms with Crippen molar-refractivity contribution in [1.29, 1.82) is 0 Å². The number of nitrogens with zero attached hydrogens (tertiary/aromatic N) is 1. The molecule has 10 heteroatoms. The molecule has 0 spiro atoms. The van der Waals surface area contributed by atoms with Crippen LogP contribution in [0.4, 0.5) is 17.6 Å². The Hall–Kier alpha value is -2.16. The molecule has 1 aliphatic heterocycles. The molecule has 2 aliphatic rings. The fraction of sp³-hybridized carbons (Fsp3) is 0.591. The van der Waals surface area contributed by atoms with Crippen molar-refractivity contribution < 1.29 is 37.1 Å². The van der Waals surface area contributed by atoms with Crippen LogP contribution in [0.1, 0.15) is 50.5 Å². The quantitative estimate of drug-likeness (QED) is 0.443. The Morgan fingerprint density at radius 3 is 2.44 bits per heavy atom. The number of rotatable bonds is 7. The number of carboxylic acid groups (broad SMARTS) is 1. The Morgan fingerprint density at radius 1 is 1.19 bits per heavy atom. The first kappa shape index (κ1) is 24.5. The zero-order valence-corrected chi connectivity index (χ0v) is 18.0. The minimum atomic E-state index is -4.62. The van der Waals surface area contributed by atoms with Gasteiger partial charge in [0.1, 0.15) is 11.9 Å². The number of benzene rings is 1. The molecule has 3 rings (SSSR count). The van der Waals surface area contributed by atoms with Gasteiger partial charge >= 0.3 is 12.1 Å². The van der Waals surface area contributed by atoms with Crippen molar-refractivity contribution in [2.75, 3.05) is 0 Å². The van der Waals surface area contributed by atoms with E-state index in [1.165, 1.54) is 18.2 Å². The average molecular weight is 478 g/mol. The van der Waals surface area contributed by atoms with E-state index in [4.69, 9.17) is 11.6 Å². The molecule has 1 heterocycles. The summed E-state index contributed by atoms with van der Waals surface area (Å²) in [5, 5.41) is 9.40. The van der Waals surface area contributed by atoms with Crippen molar-refractivity contribution in [3.8, 4) is 0 Å². The maximum absolute atomic E-state index is 14.1. The summed E-state index contributed by atoms with van der Waals surface area (Å²) in [6.45, 7) is 0. The van der Waals surface area contributed by atoms with Crippen LogP contribution in [0.25, 0.3) is 0 Å². The molecule has 3 atom stereocenters. The smallest absolute Gasteiger partial charge is 0.392 e. The summed E-state index contributed by atoms with van der Waals surface area (Å²) in [5.41, 5.74) is 0.189. The number of hydrogen-bond acceptors (Lipinski definition) is 3. The Balaban J connectivity index is 1.70. The van der Waals surface area contributed by atoms with Gasteiger partial charge in [-0.3, -0.25) is 14.5 Å².